The van der Waals surface area contributed by atoms with Gasteiger partial charge in [0, 0.05) is 28.6 Å². The number of aromatic hydroxyl groups is 2. The molecule has 29 heavy (non-hydrogen) atoms. The smallest absolute Gasteiger partial charge is 0.206 e. The lowest BCUT2D eigenvalue weighted by Crippen LogP contribution is -2.14. The summed E-state index contributed by atoms with van der Waals surface area (Å²) in [6.45, 7) is 3.98. The summed E-state index contributed by atoms with van der Waals surface area (Å²) in [4.78, 5) is 5.35. The molecule has 0 unspecified atom stereocenters. The van der Waals surface area contributed by atoms with E-state index >= 15 is 0 Å². The van der Waals surface area contributed by atoms with Crippen molar-refractivity contribution >= 4 is 17.6 Å². The molecule has 0 saturated carbocycles. The molecule has 0 aliphatic heterocycles. The molecule has 8 heteroatoms. The fraction of sp³-hybridized carbons (Fsp3) is 0.238. The highest BCUT2D eigenvalue weighted by Gasteiger charge is 2.14. The average Bonchev–Trinajstić information content (AvgIpc) is 3.08. The number of phenolic OH excluding ortho intramolecular Hbond substituents is 2. The van der Waals surface area contributed by atoms with E-state index in [2.05, 4.69) is 10.1 Å². The van der Waals surface area contributed by atoms with Crippen molar-refractivity contribution in [1.82, 2.24) is 4.68 Å². The highest BCUT2D eigenvalue weighted by molar-refractivity contribution is 7.07. The van der Waals surface area contributed by atoms with Gasteiger partial charge in [-0.3, -0.25) is 4.99 Å². The maximum absolute atomic E-state index is 10.1. The van der Waals surface area contributed by atoms with Gasteiger partial charge in [0.2, 0.25) is 4.80 Å². The minimum absolute atomic E-state index is 0.0138. The van der Waals surface area contributed by atoms with Crippen LogP contribution >= 0.6 is 11.3 Å². The number of aromatic nitrogens is 1. The number of benzene rings is 2. The van der Waals surface area contributed by atoms with Crippen LogP contribution in [0.25, 0.3) is 11.3 Å². The summed E-state index contributed by atoms with van der Waals surface area (Å²) in [6, 6.07) is 9.98. The van der Waals surface area contributed by atoms with Crippen molar-refractivity contribution in [2.75, 3.05) is 14.2 Å². The predicted molar refractivity (Wildman–Crippen MR) is 114 cm³/mol. The van der Waals surface area contributed by atoms with E-state index in [9.17, 15) is 10.2 Å². The number of thiazole rings is 1. The molecule has 0 amide bonds. The Morgan fingerprint density at radius 3 is 2.52 bits per heavy atom. The van der Waals surface area contributed by atoms with Crippen LogP contribution in [0.5, 0.6) is 23.0 Å². The summed E-state index contributed by atoms with van der Waals surface area (Å²) >= 11 is 1.46. The van der Waals surface area contributed by atoms with Crippen LogP contribution in [0.4, 0.5) is 0 Å². The van der Waals surface area contributed by atoms with Gasteiger partial charge in [-0.05, 0) is 44.2 Å². The molecule has 0 bridgehead atoms. The normalized spacial score (nSPS) is 12.1. The molecule has 0 saturated heterocycles. The number of phenols is 2. The Morgan fingerprint density at radius 1 is 1.07 bits per heavy atom. The standard InChI is InChI=1S/C21H23N3O4S/c1-13(2)23-21-24(22-11-14-5-6-15(25)9-19(14)26)18(12-29-21)17-10-16(27-3)7-8-20(17)28-4/h5-13,25-26H,1-4H3. The van der Waals surface area contributed by atoms with Crippen molar-refractivity contribution in [3.8, 4) is 34.3 Å². The third-order valence-corrected chi connectivity index (χ3v) is 4.89. The molecule has 0 aliphatic carbocycles. The second-order valence-electron chi connectivity index (χ2n) is 6.49. The Morgan fingerprint density at radius 2 is 1.86 bits per heavy atom. The monoisotopic (exact) mass is 413 g/mol. The summed E-state index contributed by atoms with van der Waals surface area (Å²) in [5.41, 5.74) is 2.06. The molecule has 2 aromatic carbocycles. The topological polar surface area (TPSA) is 88.6 Å². The van der Waals surface area contributed by atoms with E-state index < -0.39 is 0 Å². The highest BCUT2D eigenvalue weighted by atomic mass is 32.1. The molecule has 0 aliphatic rings. The Hall–Kier alpha value is -3.26. The van der Waals surface area contributed by atoms with Gasteiger partial charge in [-0.1, -0.05) is 0 Å². The number of nitrogens with zero attached hydrogens (tertiary/aromatic N) is 3. The Labute approximate surface area is 172 Å². The molecular formula is C21H23N3O4S. The maximum Gasteiger partial charge on any atom is 0.206 e. The maximum atomic E-state index is 10.1. The average molecular weight is 413 g/mol. The van der Waals surface area contributed by atoms with E-state index in [0.717, 1.165) is 11.3 Å². The van der Waals surface area contributed by atoms with Crippen molar-refractivity contribution in [2.45, 2.75) is 19.9 Å². The predicted octanol–water partition coefficient (Wildman–Crippen LogP) is 3.84. The van der Waals surface area contributed by atoms with Crippen molar-refractivity contribution in [1.29, 1.82) is 0 Å². The molecule has 0 radical (unpaired) electrons. The van der Waals surface area contributed by atoms with Gasteiger partial charge in [-0.15, -0.1) is 11.3 Å². The third kappa shape index (κ3) is 4.60. The van der Waals surface area contributed by atoms with Crippen LogP contribution in [0, 0.1) is 0 Å². The van der Waals surface area contributed by atoms with Gasteiger partial charge in [0.05, 0.1) is 26.1 Å². The lowest BCUT2D eigenvalue weighted by atomic mass is 10.1. The summed E-state index contributed by atoms with van der Waals surface area (Å²) in [5.74, 6) is 1.30. The van der Waals surface area contributed by atoms with Crippen LogP contribution in [0.2, 0.25) is 0 Å². The number of hydrogen-bond acceptors (Lipinski definition) is 7. The van der Waals surface area contributed by atoms with Gasteiger partial charge in [-0.2, -0.15) is 5.10 Å². The molecule has 3 aromatic rings. The van der Waals surface area contributed by atoms with Crippen molar-refractivity contribution in [2.24, 2.45) is 10.1 Å². The van der Waals surface area contributed by atoms with Crippen molar-refractivity contribution in [3.05, 3.63) is 52.1 Å². The summed E-state index contributed by atoms with van der Waals surface area (Å²) in [6.07, 6.45) is 1.52. The van der Waals surface area contributed by atoms with E-state index in [4.69, 9.17) is 9.47 Å². The molecule has 1 aromatic heterocycles. The number of ether oxygens (including phenoxy) is 2. The first kappa shape index (κ1) is 20.5. The molecule has 2 N–H and O–H groups in total. The zero-order valence-corrected chi connectivity index (χ0v) is 17.5. The molecule has 0 fully saturated rings. The van der Waals surface area contributed by atoms with Crippen LogP contribution in [0.3, 0.4) is 0 Å². The highest BCUT2D eigenvalue weighted by Crippen LogP contribution is 2.33. The minimum atomic E-state index is -0.0626. The van der Waals surface area contributed by atoms with Gasteiger partial charge >= 0.3 is 0 Å². The largest absolute Gasteiger partial charge is 0.508 e. The van der Waals surface area contributed by atoms with Crippen LogP contribution in [0.1, 0.15) is 19.4 Å². The lowest BCUT2D eigenvalue weighted by molar-refractivity contribution is 0.404. The van der Waals surface area contributed by atoms with Crippen LogP contribution < -0.4 is 14.3 Å². The van der Waals surface area contributed by atoms with Crippen LogP contribution in [-0.4, -0.2) is 41.4 Å². The Kier molecular flexibility index (Phi) is 6.23. The lowest BCUT2D eigenvalue weighted by Gasteiger charge is -2.11. The summed E-state index contributed by atoms with van der Waals surface area (Å²) in [5, 5.41) is 26.0. The third-order valence-electron chi connectivity index (χ3n) is 4.06. The summed E-state index contributed by atoms with van der Waals surface area (Å²) < 4.78 is 12.6. The number of methoxy groups -OCH3 is 2. The molecule has 0 atom stereocenters. The molecule has 3 rings (SSSR count). The first-order valence-electron chi connectivity index (χ1n) is 8.96. The van der Waals surface area contributed by atoms with Gasteiger partial charge < -0.3 is 19.7 Å². The fourth-order valence-corrected chi connectivity index (χ4v) is 3.64. The number of hydrogen-bond donors (Lipinski definition) is 2. The van der Waals surface area contributed by atoms with E-state index in [1.54, 1.807) is 25.0 Å². The first-order chi connectivity index (χ1) is 13.9. The van der Waals surface area contributed by atoms with Gasteiger partial charge in [0.1, 0.15) is 23.0 Å². The molecule has 152 valence electrons. The van der Waals surface area contributed by atoms with Crippen LogP contribution in [-0.2, 0) is 0 Å². The van der Waals surface area contributed by atoms with Crippen molar-refractivity contribution in [3.63, 3.8) is 0 Å². The first-order valence-corrected chi connectivity index (χ1v) is 9.84. The molecular weight excluding hydrogens is 390 g/mol. The van der Waals surface area contributed by atoms with E-state index in [-0.39, 0.29) is 17.5 Å². The Balaban J connectivity index is 2.18. The quantitative estimate of drug-likeness (QED) is 0.601. The minimum Gasteiger partial charge on any atom is -0.508 e. The fourth-order valence-electron chi connectivity index (χ4n) is 2.68. The van der Waals surface area contributed by atoms with E-state index in [1.807, 2.05) is 37.4 Å². The molecule has 0 spiro atoms. The van der Waals surface area contributed by atoms with Gasteiger partial charge in [-0.25, -0.2) is 4.68 Å². The van der Waals surface area contributed by atoms with Gasteiger partial charge in [0.25, 0.3) is 0 Å². The van der Waals surface area contributed by atoms with Crippen LogP contribution in [0.15, 0.2) is 51.9 Å². The zero-order valence-electron chi connectivity index (χ0n) is 16.7. The molecule has 1 heterocycles. The SMILES string of the molecule is COc1ccc(OC)c(-c2csc(=NC(C)C)n2N=Cc2ccc(O)cc2O)c1. The van der Waals surface area contributed by atoms with Gasteiger partial charge in [0.15, 0.2) is 0 Å². The van der Waals surface area contributed by atoms with E-state index in [1.165, 1.54) is 29.7 Å². The molecule has 7 nitrogen and oxygen atoms in total. The second kappa shape index (κ2) is 8.83. The Bertz CT molecular complexity index is 1100. The summed E-state index contributed by atoms with van der Waals surface area (Å²) in [7, 11) is 3.22. The van der Waals surface area contributed by atoms with Crippen molar-refractivity contribution < 1.29 is 19.7 Å². The van der Waals surface area contributed by atoms with E-state index in [0.29, 0.717) is 21.9 Å². The number of rotatable bonds is 6. The zero-order chi connectivity index (χ0) is 21.0. The second-order valence-corrected chi connectivity index (χ2v) is 7.33.